The molecule has 0 spiro atoms. The molecule has 0 aliphatic heterocycles. The van der Waals surface area contributed by atoms with Gasteiger partial charge >= 0.3 is 5.97 Å². The number of hydrogen-bond acceptors (Lipinski definition) is 2. The molecule has 0 rings (SSSR count). The molecule has 0 bridgehead atoms. The van der Waals surface area contributed by atoms with Crippen LogP contribution in [0.3, 0.4) is 0 Å². The first-order valence-corrected chi connectivity index (χ1v) is 4.43. The number of hydrogen-bond donors (Lipinski definition) is 0. The van der Waals surface area contributed by atoms with Crippen molar-refractivity contribution in [1.29, 1.82) is 0 Å². The minimum atomic E-state index is -0.668. The van der Waals surface area contributed by atoms with E-state index in [1.807, 2.05) is 0 Å². The lowest BCUT2D eigenvalue weighted by atomic mass is 10.5. The lowest BCUT2D eigenvalue weighted by Crippen LogP contribution is -2.12. The quantitative estimate of drug-likeness (QED) is 0.434. The van der Waals surface area contributed by atoms with Crippen LogP contribution in [0.5, 0.6) is 0 Å². The van der Waals surface area contributed by atoms with Gasteiger partial charge in [-0.2, -0.15) is 0 Å². The number of alkyl halides is 1. The van der Waals surface area contributed by atoms with Gasteiger partial charge in [-0.1, -0.05) is 11.6 Å². The number of carbonyl (C=O) groups excluding carboxylic acids is 1. The van der Waals surface area contributed by atoms with Crippen LogP contribution in [0.4, 0.5) is 0 Å². The average molecular weight is 262 g/mol. The second-order valence-corrected chi connectivity index (χ2v) is 3.79. The summed E-state index contributed by atoms with van der Waals surface area (Å²) >= 11 is 13.9. The van der Waals surface area contributed by atoms with Gasteiger partial charge in [-0.05, 0) is 29.8 Å². The van der Waals surface area contributed by atoms with E-state index in [4.69, 9.17) is 23.2 Å². The standard InChI is InChI=1S/C6H7BrCl2O2/c1-3(8)5(7)11-6(10)4(2)9/h4H,1-2H3/b5-3-. The molecule has 0 saturated carbocycles. The summed E-state index contributed by atoms with van der Waals surface area (Å²) in [6, 6.07) is 0. The molecule has 0 saturated heterocycles. The summed E-state index contributed by atoms with van der Waals surface area (Å²) in [5.41, 5.74) is 0. The van der Waals surface area contributed by atoms with Crippen molar-refractivity contribution in [2.75, 3.05) is 0 Å². The van der Waals surface area contributed by atoms with Gasteiger partial charge in [0.2, 0.25) is 0 Å². The van der Waals surface area contributed by atoms with E-state index in [9.17, 15) is 4.79 Å². The fourth-order valence-corrected chi connectivity index (χ4v) is 0.482. The first kappa shape index (κ1) is 11.3. The fraction of sp³-hybridized carbons (Fsp3) is 0.500. The van der Waals surface area contributed by atoms with E-state index in [1.165, 1.54) is 6.92 Å². The summed E-state index contributed by atoms with van der Waals surface area (Å²) in [7, 11) is 0. The third kappa shape index (κ3) is 4.67. The Morgan fingerprint density at radius 2 is 2.09 bits per heavy atom. The molecule has 0 amide bonds. The highest BCUT2D eigenvalue weighted by Crippen LogP contribution is 2.17. The fourth-order valence-electron chi connectivity index (χ4n) is 0.240. The molecule has 0 radical (unpaired) electrons. The highest BCUT2D eigenvalue weighted by atomic mass is 79.9. The molecule has 2 nitrogen and oxygen atoms in total. The van der Waals surface area contributed by atoms with Gasteiger partial charge in [0.05, 0.1) is 5.03 Å². The Hall–Kier alpha value is 0.270. The molecule has 5 heteroatoms. The molecule has 0 aromatic carbocycles. The van der Waals surface area contributed by atoms with E-state index in [2.05, 4.69) is 20.7 Å². The van der Waals surface area contributed by atoms with E-state index in [1.54, 1.807) is 6.92 Å². The Bertz CT molecular complexity index is 185. The second-order valence-electron chi connectivity index (χ2n) is 1.84. The SMILES string of the molecule is C/C(Cl)=C(\Br)OC(=O)C(C)Cl. The first-order valence-electron chi connectivity index (χ1n) is 2.82. The Morgan fingerprint density at radius 3 is 2.36 bits per heavy atom. The highest BCUT2D eigenvalue weighted by molar-refractivity contribution is 9.11. The van der Waals surface area contributed by atoms with Crippen LogP contribution in [-0.4, -0.2) is 11.3 Å². The maximum Gasteiger partial charge on any atom is 0.329 e. The van der Waals surface area contributed by atoms with Gasteiger partial charge in [0.25, 0.3) is 0 Å². The summed E-state index contributed by atoms with van der Waals surface area (Å²) in [5, 5.41) is -0.297. The largest absolute Gasteiger partial charge is 0.417 e. The minimum Gasteiger partial charge on any atom is -0.417 e. The van der Waals surface area contributed by atoms with Crippen LogP contribution in [0.15, 0.2) is 9.70 Å². The van der Waals surface area contributed by atoms with Gasteiger partial charge in [0.15, 0.2) is 4.67 Å². The topological polar surface area (TPSA) is 26.3 Å². The third-order valence-electron chi connectivity index (χ3n) is 0.786. The average Bonchev–Trinajstić information content (AvgIpc) is 1.87. The lowest BCUT2D eigenvalue weighted by molar-refractivity contribution is -0.137. The van der Waals surface area contributed by atoms with Gasteiger partial charge in [0.1, 0.15) is 5.38 Å². The van der Waals surface area contributed by atoms with E-state index in [-0.39, 0.29) is 4.67 Å². The third-order valence-corrected chi connectivity index (χ3v) is 2.12. The van der Waals surface area contributed by atoms with Crippen LogP contribution < -0.4 is 0 Å². The van der Waals surface area contributed by atoms with Gasteiger partial charge in [-0.25, -0.2) is 0 Å². The summed E-state index contributed by atoms with van der Waals surface area (Å²) in [6.07, 6.45) is 0. The van der Waals surface area contributed by atoms with E-state index >= 15 is 0 Å². The highest BCUT2D eigenvalue weighted by Gasteiger charge is 2.12. The zero-order chi connectivity index (χ0) is 9.02. The molecule has 0 aromatic heterocycles. The normalized spacial score (nSPS) is 15.4. The van der Waals surface area contributed by atoms with Crippen LogP contribution in [0.25, 0.3) is 0 Å². The Balaban J connectivity index is 4.07. The molecule has 0 aliphatic rings. The van der Waals surface area contributed by atoms with Gasteiger partial charge < -0.3 is 4.74 Å². The molecule has 64 valence electrons. The van der Waals surface area contributed by atoms with Crippen molar-refractivity contribution in [3.8, 4) is 0 Å². The van der Waals surface area contributed by atoms with Crippen molar-refractivity contribution in [3.63, 3.8) is 0 Å². The van der Waals surface area contributed by atoms with Crippen LogP contribution in [0.2, 0.25) is 0 Å². The van der Waals surface area contributed by atoms with Gasteiger partial charge in [-0.15, -0.1) is 11.6 Å². The molecule has 0 N–H and O–H groups in total. The molecule has 0 aliphatic carbocycles. The lowest BCUT2D eigenvalue weighted by Gasteiger charge is -2.03. The zero-order valence-electron chi connectivity index (χ0n) is 6.03. The molecular weight excluding hydrogens is 255 g/mol. The Kier molecular flexibility index (Phi) is 5.13. The molecule has 0 heterocycles. The first-order chi connectivity index (χ1) is 4.95. The van der Waals surface area contributed by atoms with E-state index in [0.29, 0.717) is 5.03 Å². The van der Waals surface area contributed by atoms with Crippen LogP contribution in [-0.2, 0) is 9.53 Å². The van der Waals surface area contributed by atoms with Gasteiger partial charge in [-0.3, -0.25) is 4.79 Å². The maximum atomic E-state index is 10.8. The summed E-state index contributed by atoms with van der Waals surface area (Å²) < 4.78 is 4.87. The number of allylic oxidation sites excluding steroid dienone is 1. The van der Waals surface area contributed by atoms with Crippen LogP contribution >= 0.6 is 39.1 Å². The van der Waals surface area contributed by atoms with Crippen molar-refractivity contribution in [2.24, 2.45) is 0 Å². The molecule has 0 aromatic rings. The monoisotopic (exact) mass is 260 g/mol. The van der Waals surface area contributed by atoms with E-state index in [0.717, 1.165) is 0 Å². The van der Waals surface area contributed by atoms with Crippen molar-refractivity contribution >= 4 is 45.1 Å². The number of halogens is 3. The Morgan fingerprint density at radius 1 is 1.64 bits per heavy atom. The summed E-state index contributed by atoms with van der Waals surface area (Å²) in [4.78, 5) is 10.8. The smallest absolute Gasteiger partial charge is 0.329 e. The van der Waals surface area contributed by atoms with Crippen molar-refractivity contribution < 1.29 is 9.53 Å². The molecule has 11 heavy (non-hydrogen) atoms. The molecule has 1 unspecified atom stereocenters. The molecular formula is C6H7BrCl2O2. The number of ether oxygens (including phenoxy) is 1. The minimum absolute atomic E-state index is 0.205. The Labute approximate surface area is 83.6 Å². The van der Waals surface area contributed by atoms with Gasteiger partial charge in [0, 0.05) is 0 Å². The maximum absolute atomic E-state index is 10.8. The van der Waals surface area contributed by atoms with E-state index < -0.39 is 11.3 Å². The predicted octanol–water partition coefficient (Wildman–Crippen LogP) is 2.98. The summed E-state index contributed by atoms with van der Waals surface area (Å²) in [6.45, 7) is 3.12. The van der Waals surface area contributed by atoms with Crippen molar-refractivity contribution in [3.05, 3.63) is 9.70 Å². The predicted molar refractivity (Wildman–Crippen MR) is 48.9 cm³/mol. The van der Waals surface area contributed by atoms with Crippen molar-refractivity contribution in [2.45, 2.75) is 19.2 Å². The van der Waals surface area contributed by atoms with Crippen molar-refractivity contribution in [1.82, 2.24) is 0 Å². The van der Waals surface area contributed by atoms with Crippen LogP contribution in [0, 0.1) is 0 Å². The zero-order valence-corrected chi connectivity index (χ0v) is 9.13. The number of carbonyl (C=O) groups is 1. The van der Waals surface area contributed by atoms with Crippen LogP contribution in [0.1, 0.15) is 13.8 Å². The molecule has 0 fully saturated rings. The molecule has 1 atom stereocenters. The number of rotatable bonds is 2. The second kappa shape index (κ2) is 5.01. The number of esters is 1. The summed E-state index contributed by atoms with van der Waals surface area (Å²) in [5.74, 6) is -0.529.